The Hall–Kier alpha value is -2.79. The number of aliphatic carboxylic acids is 1. The molecule has 0 N–H and O–H groups in total. The normalized spacial score (nSPS) is 12.1. The minimum Gasteiger partial charge on any atom is -0.546 e. The Morgan fingerprint density at radius 3 is 2.52 bits per heavy atom. The second kappa shape index (κ2) is 6.61. The van der Waals surface area contributed by atoms with Crippen LogP contribution in [-0.4, -0.2) is 12.1 Å². The molecule has 0 aliphatic carbocycles. The lowest BCUT2D eigenvalue weighted by molar-refractivity contribution is -0.312. The molecule has 0 bridgehead atoms. The van der Waals surface area contributed by atoms with E-state index in [9.17, 15) is 14.7 Å². The molecular formula is C19H14ClO5-. The van der Waals surface area contributed by atoms with E-state index >= 15 is 0 Å². The third kappa shape index (κ3) is 3.37. The number of hydrogen-bond acceptors (Lipinski definition) is 5. The van der Waals surface area contributed by atoms with Gasteiger partial charge < -0.3 is 19.1 Å². The predicted molar refractivity (Wildman–Crippen MR) is 92.8 cm³/mol. The molecular weight excluding hydrogens is 344 g/mol. The van der Waals surface area contributed by atoms with Gasteiger partial charge in [0.1, 0.15) is 11.7 Å². The Bertz CT molecular complexity index is 1000. The maximum Gasteiger partial charge on any atom is 0.235 e. The molecule has 0 aliphatic heterocycles. The molecule has 0 saturated carbocycles. The minimum absolute atomic E-state index is 0.146. The number of ether oxygens (including phenoxy) is 1. The number of hydrogen-bond donors (Lipinski definition) is 0. The molecule has 3 rings (SSSR count). The van der Waals surface area contributed by atoms with E-state index in [0.717, 1.165) is 5.56 Å². The fraction of sp³-hybridized carbons (Fsp3) is 0.158. The molecule has 0 radical (unpaired) electrons. The summed E-state index contributed by atoms with van der Waals surface area (Å²) < 4.78 is 11.2. The van der Waals surface area contributed by atoms with Gasteiger partial charge in [0.15, 0.2) is 5.76 Å². The first kappa shape index (κ1) is 17.0. The Labute approximate surface area is 148 Å². The summed E-state index contributed by atoms with van der Waals surface area (Å²) in [6.45, 7) is 3.17. The van der Waals surface area contributed by atoms with Crippen molar-refractivity contribution >= 4 is 28.5 Å². The van der Waals surface area contributed by atoms with Crippen LogP contribution in [0.3, 0.4) is 0 Å². The molecule has 6 heteroatoms. The van der Waals surface area contributed by atoms with Crippen LogP contribution in [0.25, 0.3) is 22.3 Å². The zero-order valence-corrected chi connectivity index (χ0v) is 14.3. The first-order chi connectivity index (χ1) is 11.9. The van der Waals surface area contributed by atoms with Gasteiger partial charge in [0, 0.05) is 10.6 Å². The molecule has 3 aromatic rings. The van der Waals surface area contributed by atoms with Crippen molar-refractivity contribution in [3.63, 3.8) is 0 Å². The molecule has 2 aromatic carbocycles. The highest BCUT2D eigenvalue weighted by molar-refractivity contribution is 6.30. The number of halogens is 1. The highest BCUT2D eigenvalue weighted by atomic mass is 35.5. The highest BCUT2D eigenvalue weighted by Gasteiger charge is 2.20. The van der Waals surface area contributed by atoms with Crippen molar-refractivity contribution in [3.8, 4) is 17.1 Å². The number of aryl methyl sites for hydroxylation is 1. The van der Waals surface area contributed by atoms with E-state index < -0.39 is 17.5 Å². The molecule has 0 saturated heterocycles. The monoisotopic (exact) mass is 357 g/mol. The van der Waals surface area contributed by atoms with Crippen LogP contribution in [0.5, 0.6) is 5.75 Å². The average Bonchev–Trinajstić information content (AvgIpc) is 2.57. The third-order valence-electron chi connectivity index (χ3n) is 3.74. The summed E-state index contributed by atoms with van der Waals surface area (Å²) in [7, 11) is 0. The molecule has 128 valence electrons. The lowest BCUT2D eigenvalue weighted by Gasteiger charge is -2.17. The van der Waals surface area contributed by atoms with Gasteiger partial charge in [0.25, 0.3) is 0 Å². The summed E-state index contributed by atoms with van der Waals surface area (Å²) in [5, 5.41) is 11.9. The SMILES string of the molecule is Cc1ccc2c(=O)c(O[C@@H](C)C(=O)[O-])c(-c3ccc(Cl)cc3)oc2c1. The Morgan fingerprint density at radius 2 is 1.88 bits per heavy atom. The van der Waals surface area contributed by atoms with E-state index in [-0.39, 0.29) is 11.5 Å². The van der Waals surface area contributed by atoms with Gasteiger partial charge >= 0.3 is 0 Å². The minimum atomic E-state index is -1.43. The van der Waals surface area contributed by atoms with E-state index in [2.05, 4.69) is 0 Å². The summed E-state index contributed by atoms with van der Waals surface area (Å²) in [5.74, 6) is -1.45. The average molecular weight is 358 g/mol. The van der Waals surface area contributed by atoms with Gasteiger partial charge in [-0.15, -0.1) is 0 Å². The lowest BCUT2D eigenvalue weighted by Crippen LogP contribution is -2.38. The number of carboxylic acid groups (broad SMARTS) is 1. The number of fused-ring (bicyclic) bond motifs is 1. The highest BCUT2D eigenvalue weighted by Crippen LogP contribution is 2.32. The number of benzene rings is 2. The van der Waals surface area contributed by atoms with Crippen LogP contribution in [0, 0.1) is 6.92 Å². The fourth-order valence-corrected chi connectivity index (χ4v) is 2.53. The topological polar surface area (TPSA) is 79.6 Å². The van der Waals surface area contributed by atoms with Gasteiger partial charge in [-0.3, -0.25) is 4.79 Å². The van der Waals surface area contributed by atoms with Gasteiger partial charge in [-0.25, -0.2) is 0 Å². The quantitative estimate of drug-likeness (QED) is 0.717. The maximum atomic E-state index is 12.8. The standard InChI is InChI=1S/C19H15ClO5/c1-10-3-8-14-15(9-10)25-17(12-4-6-13(20)7-5-12)18(16(14)21)24-11(2)19(22)23/h3-9,11H,1-2H3,(H,22,23)/p-1/t11-/m0/s1. The van der Waals surface area contributed by atoms with Crippen molar-refractivity contribution < 1.29 is 19.1 Å². The largest absolute Gasteiger partial charge is 0.546 e. The summed E-state index contributed by atoms with van der Waals surface area (Å²) >= 11 is 5.90. The van der Waals surface area contributed by atoms with Gasteiger partial charge in [-0.1, -0.05) is 17.7 Å². The number of carbonyl (C=O) groups excluding carboxylic acids is 1. The van der Waals surface area contributed by atoms with Gasteiger partial charge in [-0.05, 0) is 55.8 Å². The Kier molecular flexibility index (Phi) is 4.51. The number of carboxylic acids is 1. The molecule has 0 spiro atoms. The summed E-state index contributed by atoms with van der Waals surface area (Å²) in [5.41, 5.74) is 1.42. The van der Waals surface area contributed by atoms with Crippen molar-refractivity contribution in [1.82, 2.24) is 0 Å². The Morgan fingerprint density at radius 1 is 1.20 bits per heavy atom. The van der Waals surface area contributed by atoms with Crippen molar-refractivity contribution in [1.29, 1.82) is 0 Å². The zero-order valence-electron chi connectivity index (χ0n) is 13.5. The van der Waals surface area contributed by atoms with E-state index in [1.807, 2.05) is 6.92 Å². The third-order valence-corrected chi connectivity index (χ3v) is 3.99. The molecule has 0 aliphatic rings. The number of rotatable bonds is 4. The maximum absolute atomic E-state index is 12.8. The van der Waals surface area contributed by atoms with Crippen molar-refractivity contribution in [3.05, 3.63) is 63.3 Å². The molecule has 0 unspecified atom stereocenters. The van der Waals surface area contributed by atoms with Crippen LogP contribution < -0.4 is 15.3 Å². The zero-order chi connectivity index (χ0) is 18.1. The van der Waals surface area contributed by atoms with Crippen molar-refractivity contribution in [2.45, 2.75) is 20.0 Å². The Balaban J connectivity index is 2.29. The number of carbonyl (C=O) groups is 1. The fourth-order valence-electron chi connectivity index (χ4n) is 2.41. The summed E-state index contributed by atoms with van der Waals surface area (Å²) in [6, 6.07) is 11.7. The van der Waals surface area contributed by atoms with E-state index in [1.165, 1.54) is 6.92 Å². The van der Waals surface area contributed by atoms with Gasteiger partial charge in [-0.2, -0.15) is 0 Å². The van der Waals surface area contributed by atoms with Crippen molar-refractivity contribution in [2.24, 2.45) is 0 Å². The first-order valence-electron chi connectivity index (χ1n) is 7.57. The second-order valence-electron chi connectivity index (χ2n) is 5.68. The first-order valence-corrected chi connectivity index (χ1v) is 7.95. The molecule has 0 amide bonds. The smallest absolute Gasteiger partial charge is 0.235 e. The van der Waals surface area contributed by atoms with Crippen LogP contribution >= 0.6 is 11.6 Å². The van der Waals surface area contributed by atoms with Gasteiger partial charge in [0.2, 0.25) is 11.2 Å². The van der Waals surface area contributed by atoms with Crippen LogP contribution in [0.1, 0.15) is 12.5 Å². The molecule has 1 aromatic heterocycles. The van der Waals surface area contributed by atoms with Crippen LogP contribution in [0.2, 0.25) is 5.02 Å². The molecule has 1 heterocycles. The van der Waals surface area contributed by atoms with Crippen molar-refractivity contribution in [2.75, 3.05) is 0 Å². The molecule has 1 atom stereocenters. The van der Waals surface area contributed by atoms with E-state index in [0.29, 0.717) is 21.6 Å². The van der Waals surface area contributed by atoms with E-state index in [4.69, 9.17) is 20.8 Å². The van der Waals surface area contributed by atoms with Crippen LogP contribution in [0.4, 0.5) is 0 Å². The second-order valence-corrected chi connectivity index (χ2v) is 6.11. The molecule has 0 fully saturated rings. The lowest BCUT2D eigenvalue weighted by atomic mass is 10.1. The van der Waals surface area contributed by atoms with Crippen LogP contribution in [0.15, 0.2) is 51.7 Å². The summed E-state index contributed by atoms with van der Waals surface area (Å²) in [4.78, 5) is 23.9. The van der Waals surface area contributed by atoms with Crippen LogP contribution in [-0.2, 0) is 4.79 Å². The molecule has 25 heavy (non-hydrogen) atoms. The predicted octanol–water partition coefficient (Wildman–Crippen LogP) is 2.94. The molecule has 5 nitrogen and oxygen atoms in total. The van der Waals surface area contributed by atoms with Gasteiger partial charge in [0.05, 0.1) is 11.4 Å². The summed E-state index contributed by atoms with van der Waals surface area (Å²) in [6.07, 6.45) is -1.31. The van der Waals surface area contributed by atoms with E-state index in [1.54, 1.807) is 42.5 Å².